The molecule has 0 aliphatic carbocycles. The second kappa shape index (κ2) is 7.74. The molecule has 0 unspecified atom stereocenters. The monoisotopic (exact) mass is 401 g/mol. The highest BCUT2D eigenvalue weighted by atomic mass is 16.2. The Morgan fingerprint density at radius 1 is 1.03 bits per heavy atom. The van der Waals surface area contributed by atoms with E-state index in [0.717, 1.165) is 31.4 Å². The van der Waals surface area contributed by atoms with E-state index in [2.05, 4.69) is 39.7 Å². The van der Waals surface area contributed by atoms with Crippen LogP contribution in [0.2, 0.25) is 0 Å². The third-order valence-electron chi connectivity index (χ3n) is 6.08. The van der Waals surface area contributed by atoms with Gasteiger partial charge in [0.2, 0.25) is 5.91 Å². The third-order valence-corrected chi connectivity index (χ3v) is 6.08. The van der Waals surface area contributed by atoms with Gasteiger partial charge in [0.05, 0.1) is 11.9 Å². The van der Waals surface area contributed by atoms with Gasteiger partial charge in [-0.25, -0.2) is 4.68 Å². The molecule has 30 heavy (non-hydrogen) atoms. The number of nitrogens with one attached hydrogen (secondary N) is 1. The average Bonchev–Trinajstić information content (AvgIpc) is 3.23. The van der Waals surface area contributed by atoms with Crippen LogP contribution in [0.1, 0.15) is 30.7 Å². The van der Waals surface area contributed by atoms with Gasteiger partial charge in [-0.2, -0.15) is 0 Å². The van der Waals surface area contributed by atoms with Crippen molar-refractivity contribution in [1.82, 2.24) is 24.9 Å². The summed E-state index contributed by atoms with van der Waals surface area (Å²) in [7, 11) is 0. The number of fused-ring (bicyclic) bond motifs is 2. The van der Waals surface area contributed by atoms with E-state index < -0.39 is 0 Å². The van der Waals surface area contributed by atoms with Gasteiger partial charge in [-0.3, -0.25) is 9.59 Å². The van der Waals surface area contributed by atoms with Crippen molar-refractivity contribution in [2.24, 2.45) is 0 Å². The highest BCUT2D eigenvalue weighted by molar-refractivity contribution is 5.83. The molecule has 3 heterocycles. The van der Waals surface area contributed by atoms with E-state index >= 15 is 0 Å². The highest BCUT2D eigenvalue weighted by Gasteiger charge is 2.25. The van der Waals surface area contributed by atoms with E-state index in [1.807, 2.05) is 17.0 Å². The second-order valence-corrected chi connectivity index (χ2v) is 7.83. The SMILES string of the molecule is O=C(CCn1nnc2ccccc2c1=O)N1CCC(c2c[nH]c3ccccc23)CC1. The summed E-state index contributed by atoms with van der Waals surface area (Å²) in [6.07, 6.45) is 4.26. The van der Waals surface area contributed by atoms with Crippen molar-refractivity contribution in [2.75, 3.05) is 13.1 Å². The maximum atomic E-state index is 12.7. The van der Waals surface area contributed by atoms with Crippen molar-refractivity contribution >= 4 is 27.7 Å². The summed E-state index contributed by atoms with van der Waals surface area (Å²) in [4.78, 5) is 30.5. The first-order chi connectivity index (χ1) is 14.7. The van der Waals surface area contributed by atoms with Crippen LogP contribution < -0.4 is 5.56 Å². The van der Waals surface area contributed by atoms with Gasteiger partial charge in [0.15, 0.2) is 0 Å². The molecule has 5 rings (SSSR count). The smallest absolute Gasteiger partial charge is 0.277 e. The Hall–Kier alpha value is -3.48. The largest absolute Gasteiger partial charge is 0.361 e. The number of rotatable bonds is 4. The molecule has 1 amide bonds. The van der Waals surface area contributed by atoms with Crippen LogP contribution in [0.25, 0.3) is 21.8 Å². The molecule has 0 atom stereocenters. The molecule has 1 saturated heterocycles. The molecule has 2 aromatic heterocycles. The summed E-state index contributed by atoms with van der Waals surface area (Å²) in [5, 5.41) is 9.86. The zero-order valence-electron chi connectivity index (χ0n) is 16.6. The number of amides is 1. The molecule has 1 N–H and O–H groups in total. The number of H-pyrrole nitrogens is 1. The Balaban J connectivity index is 1.21. The van der Waals surface area contributed by atoms with Crippen LogP contribution in [0.3, 0.4) is 0 Å². The van der Waals surface area contributed by atoms with Crippen LogP contribution in [0.4, 0.5) is 0 Å². The Bertz CT molecular complexity index is 1270. The number of carbonyl (C=O) groups is 1. The molecule has 152 valence electrons. The minimum absolute atomic E-state index is 0.0641. The van der Waals surface area contributed by atoms with Gasteiger partial charge in [-0.05, 0) is 42.5 Å². The van der Waals surface area contributed by atoms with Crippen molar-refractivity contribution in [3.63, 3.8) is 0 Å². The number of aromatic nitrogens is 4. The molecular weight excluding hydrogens is 378 g/mol. The van der Waals surface area contributed by atoms with E-state index in [1.54, 1.807) is 18.2 Å². The topological polar surface area (TPSA) is 83.9 Å². The number of hydrogen-bond donors (Lipinski definition) is 1. The van der Waals surface area contributed by atoms with E-state index in [0.29, 0.717) is 16.8 Å². The summed E-state index contributed by atoms with van der Waals surface area (Å²) >= 11 is 0. The lowest BCUT2D eigenvalue weighted by atomic mass is 9.89. The Kier molecular flexibility index (Phi) is 4.78. The molecule has 0 spiro atoms. The lowest BCUT2D eigenvalue weighted by Gasteiger charge is -2.32. The predicted molar refractivity (Wildman–Crippen MR) is 115 cm³/mol. The fourth-order valence-electron chi connectivity index (χ4n) is 4.40. The Labute approximate surface area is 173 Å². The van der Waals surface area contributed by atoms with Gasteiger partial charge in [0, 0.05) is 36.6 Å². The van der Waals surface area contributed by atoms with Crippen LogP contribution in [-0.4, -0.2) is 43.9 Å². The second-order valence-electron chi connectivity index (χ2n) is 7.83. The van der Waals surface area contributed by atoms with Crippen LogP contribution in [-0.2, 0) is 11.3 Å². The van der Waals surface area contributed by atoms with E-state index in [1.165, 1.54) is 15.6 Å². The first kappa shape index (κ1) is 18.5. The summed E-state index contributed by atoms with van der Waals surface area (Å²) in [5.74, 6) is 0.522. The van der Waals surface area contributed by atoms with Gasteiger partial charge in [-0.1, -0.05) is 35.5 Å². The van der Waals surface area contributed by atoms with Gasteiger partial charge < -0.3 is 9.88 Å². The zero-order valence-corrected chi connectivity index (χ0v) is 16.6. The fraction of sp³-hybridized carbons (Fsp3) is 0.304. The van der Waals surface area contributed by atoms with Crippen molar-refractivity contribution in [2.45, 2.75) is 31.7 Å². The maximum absolute atomic E-state index is 12.7. The molecule has 0 radical (unpaired) electrons. The molecule has 0 bridgehead atoms. The molecule has 4 aromatic rings. The quantitative estimate of drug-likeness (QED) is 0.570. The number of piperidine rings is 1. The molecular formula is C23H23N5O2. The van der Waals surface area contributed by atoms with Gasteiger partial charge >= 0.3 is 0 Å². The molecule has 7 heteroatoms. The molecule has 1 aliphatic heterocycles. The maximum Gasteiger partial charge on any atom is 0.277 e. The number of hydrogen-bond acceptors (Lipinski definition) is 4. The van der Waals surface area contributed by atoms with Crippen LogP contribution in [0.15, 0.2) is 59.5 Å². The van der Waals surface area contributed by atoms with Gasteiger partial charge in [-0.15, -0.1) is 5.10 Å². The minimum Gasteiger partial charge on any atom is -0.361 e. The van der Waals surface area contributed by atoms with Crippen LogP contribution in [0, 0.1) is 0 Å². The molecule has 1 aliphatic rings. The molecule has 2 aromatic carbocycles. The number of para-hydroxylation sites is 1. The number of carbonyl (C=O) groups excluding carboxylic acids is 1. The van der Waals surface area contributed by atoms with Crippen LogP contribution in [0.5, 0.6) is 0 Å². The lowest BCUT2D eigenvalue weighted by Crippen LogP contribution is -2.38. The predicted octanol–water partition coefficient (Wildman–Crippen LogP) is 3.07. The van der Waals surface area contributed by atoms with Gasteiger partial charge in [0.25, 0.3) is 5.56 Å². The first-order valence-corrected chi connectivity index (χ1v) is 10.4. The molecule has 0 saturated carbocycles. The third kappa shape index (κ3) is 3.36. The Morgan fingerprint density at radius 3 is 2.60 bits per heavy atom. The summed E-state index contributed by atoms with van der Waals surface area (Å²) in [5.41, 5.74) is 2.87. The Morgan fingerprint density at radius 2 is 1.77 bits per heavy atom. The standard InChI is InChI=1S/C23H23N5O2/c29-22(11-14-28-23(30)18-6-2-4-8-21(18)25-26-28)27-12-9-16(10-13-27)19-15-24-20-7-3-1-5-17(19)20/h1-8,15-16,24H,9-14H2. The summed E-state index contributed by atoms with van der Waals surface area (Å²) in [6.45, 7) is 1.72. The van der Waals surface area contributed by atoms with Crippen molar-refractivity contribution in [1.29, 1.82) is 0 Å². The number of aromatic amines is 1. The number of nitrogens with zero attached hydrogens (tertiary/aromatic N) is 4. The van der Waals surface area contributed by atoms with Crippen LogP contribution >= 0.6 is 0 Å². The lowest BCUT2D eigenvalue weighted by molar-refractivity contribution is -0.132. The normalized spacial score (nSPS) is 15.1. The zero-order chi connectivity index (χ0) is 20.5. The number of benzene rings is 2. The van der Waals surface area contributed by atoms with Crippen molar-refractivity contribution in [3.8, 4) is 0 Å². The number of likely N-dealkylation sites (tertiary alicyclic amines) is 1. The highest BCUT2D eigenvalue weighted by Crippen LogP contribution is 2.33. The minimum atomic E-state index is -0.202. The molecule has 1 fully saturated rings. The average molecular weight is 401 g/mol. The van der Waals surface area contributed by atoms with Gasteiger partial charge in [0.1, 0.15) is 5.52 Å². The van der Waals surface area contributed by atoms with E-state index in [4.69, 9.17) is 0 Å². The van der Waals surface area contributed by atoms with Crippen molar-refractivity contribution < 1.29 is 4.79 Å². The first-order valence-electron chi connectivity index (χ1n) is 10.4. The molecule has 7 nitrogen and oxygen atoms in total. The van der Waals surface area contributed by atoms with Crippen molar-refractivity contribution in [3.05, 3.63) is 70.6 Å². The summed E-state index contributed by atoms with van der Waals surface area (Å²) < 4.78 is 1.29. The van der Waals surface area contributed by atoms with E-state index in [-0.39, 0.29) is 24.4 Å². The summed E-state index contributed by atoms with van der Waals surface area (Å²) in [6, 6.07) is 15.5. The fourth-order valence-corrected chi connectivity index (χ4v) is 4.40. The number of aryl methyl sites for hydroxylation is 1. The van der Waals surface area contributed by atoms with E-state index in [9.17, 15) is 9.59 Å².